The van der Waals surface area contributed by atoms with E-state index in [0.717, 1.165) is 40.3 Å². The molecule has 0 bridgehead atoms. The van der Waals surface area contributed by atoms with Gasteiger partial charge in [0.1, 0.15) is 0 Å². The Bertz CT molecular complexity index is 1510. The minimum atomic E-state index is -1.03. The number of rotatable bonds is 6. The molecule has 200 valence electrons. The fraction of sp³-hybridized carbons (Fsp3) is 0.233. The molecule has 39 heavy (non-hydrogen) atoms. The fourth-order valence-corrected chi connectivity index (χ4v) is 4.70. The third-order valence-corrected chi connectivity index (χ3v) is 6.80. The highest BCUT2D eigenvalue weighted by molar-refractivity contribution is 5.94. The van der Waals surface area contributed by atoms with Gasteiger partial charge in [-0.2, -0.15) is 5.10 Å². The van der Waals surface area contributed by atoms with E-state index in [1.165, 1.54) is 6.07 Å². The Hall–Kier alpha value is -4.53. The molecule has 2 heterocycles. The number of esters is 1. The maximum atomic E-state index is 13.6. The number of amides is 1. The predicted molar refractivity (Wildman–Crippen MR) is 144 cm³/mol. The van der Waals surface area contributed by atoms with E-state index in [4.69, 9.17) is 4.74 Å². The van der Waals surface area contributed by atoms with Crippen molar-refractivity contribution in [1.29, 1.82) is 0 Å². The van der Waals surface area contributed by atoms with Crippen molar-refractivity contribution in [2.45, 2.75) is 13.8 Å². The third-order valence-electron chi connectivity index (χ3n) is 6.80. The lowest BCUT2D eigenvalue weighted by molar-refractivity contribution is 0.0518. The molecule has 0 aliphatic carbocycles. The zero-order valence-electron chi connectivity index (χ0n) is 21.7. The smallest absolute Gasteiger partial charge is 0.358 e. The molecule has 1 aliphatic heterocycles. The van der Waals surface area contributed by atoms with Gasteiger partial charge in [0.25, 0.3) is 5.91 Å². The number of benzene rings is 3. The molecule has 0 radical (unpaired) electrons. The van der Waals surface area contributed by atoms with Crippen LogP contribution in [0.2, 0.25) is 0 Å². The highest BCUT2D eigenvalue weighted by Crippen LogP contribution is 2.28. The second-order valence-corrected chi connectivity index (χ2v) is 9.29. The van der Waals surface area contributed by atoms with Gasteiger partial charge >= 0.3 is 5.97 Å². The zero-order chi connectivity index (χ0) is 27.5. The molecular formula is C30H28F2N4O3. The number of anilines is 1. The lowest BCUT2D eigenvalue weighted by Crippen LogP contribution is -2.48. The van der Waals surface area contributed by atoms with E-state index in [0.29, 0.717) is 26.2 Å². The molecule has 7 nitrogen and oxygen atoms in total. The number of para-hydroxylation sites is 1. The first-order valence-electron chi connectivity index (χ1n) is 12.8. The molecule has 1 aliphatic rings. The zero-order valence-corrected chi connectivity index (χ0v) is 21.7. The number of ether oxygens (including phenoxy) is 1. The maximum Gasteiger partial charge on any atom is 0.358 e. The van der Waals surface area contributed by atoms with Crippen LogP contribution in [-0.4, -0.2) is 59.3 Å². The highest BCUT2D eigenvalue weighted by atomic mass is 19.2. The Labute approximate surface area is 225 Å². The van der Waals surface area contributed by atoms with Crippen molar-refractivity contribution in [3.8, 4) is 16.9 Å². The van der Waals surface area contributed by atoms with Gasteiger partial charge in [0.2, 0.25) is 0 Å². The molecule has 0 unspecified atom stereocenters. The largest absolute Gasteiger partial charge is 0.461 e. The van der Waals surface area contributed by atoms with Crippen molar-refractivity contribution < 1.29 is 23.1 Å². The van der Waals surface area contributed by atoms with Crippen LogP contribution in [0.1, 0.15) is 33.3 Å². The van der Waals surface area contributed by atoms with Gasteiger partial charge in [0, 0.05) is 43.0 Å². The SMILES string of the molecule is CCOC(=O)c1cc(-c2ccc(N3CCN(C(=O)c4ccc(F)c(F)c4)CC3)cc2)n(-c2ccccc2C)n1. The normalized spacial score (nSPS) is 13.4. The average Bonchev–Trinajstić information content (AvgIpc) is 3.40. The number of piperazine rings is 1. The quantitative estimate of drug-likeness (QED) is 0.318. The topological polar surface area (TPSA) is 67.7 Å². The van der Waals surface area contributed by atoms with Gasteiger partial charge in [-0.25, -0.2) is 18.3 Å². The van der Waals surface area contributed by atoms with Crippen molar-refractivity contribution in [1.82, 2.24) is 14.7 Å². The molecule has 3 aromatic carbocycles. The van der Waals surface area contributed by atoms with E-state index in [1.807, 2.05) is 55.5 Å². The molecule has 9 heteroatoms. The first-order valence-corrected chi connectivity index (χ1v) is 12.8. The number of hydrogen-bond acceptors (Lipinski definition) is 5. The van der Waals surface area contributed by atoms with E-state index in [9.17, 15) is 18.4 Å². The van der Waals surface area contributed by atoms with E-state index in [1.54, 1.807) is 22.6 Å². The van der Waals surface area contributed by atoms with Crippen LogP contribution in [-0.2, 0) is 4.74 Å². The lowest BCUT2D eigenvalue weighted by Gasteiger charge is -2.36. The number of carbonyl (C=O) groups is 2. The monoisotopic (exact) mass is 530 g/mol. The summed E-state index contributed by atoms with van der Waals surface area (Å²) in [6, 6.07) is 20.8. The van der Waals surface area contributed by atoms with E-state index in [2.05, 4.69) is 10.00 Å². The van der Waals surface area contributed by atoms with E-state index < -0.39 is 17.6 Å². The van der Waals surface area contributed by atoms with E-state index in [-0.39, 0.29) is 23.8 Å². The Balaban J connectivity index is 1.33. The summed E-state index contributed by atoms with van der Waals surface area (Å²) in [4.78, 5) is 29.0. The number of aromatic nitrogens is 2. The van der Waals surface area contributed by atoms with Crippen LogP contribution < -0.4 is 4.90 Å². The van der Waals surface area contributed by atoms with Crippen molar-refractivity contribution >= 4 is 17.6 Å². The minimum absolute atomic E-state index is 0.138. The Morgan fingerprint density at radius 2 is 1.62 bits per heavy atom. The van der Waals surface area contributed by atoms with Crippen molar-refractivity contribution in [2.75, 3.05) is 37.7 Å². The molecule has 1 amide bonds. The first-order chi connectivity index (χ1) is 18.9. The van der Waals surface area contributed by atoms with Crippen LogP contribution in [0.4, 0.5) is 14.5 Å². The van der Waals surface area contributed by atoms with Crippen LogP contribution in [0.15, 0.2) is 72.8 Å². The fourth-order valence-electron chi connectivity index (χ4n) is 4.70. The lowest BCUT2D eigenvalue weighted by atomic mass is 10.1. The molecular weight excluding hydrogens is 502 g/mol. The van der Waals surface area contributed by atoms with E-state index >= 15 is 0 Å². The second kappa shape index (κ2) is 11.1. The summed E-state index contributed by atoms with van der Waals surface area (Å²) >= 11 is 0. The number of aryl methyl sites for hydroxylation is 1. The van der Waals surface area contributed by atoms with Crippen molar-refractivity contribution in [3.05, 3.63) is 101 Å². The first kappa shape index (κ1) is 26.1. The number of halogens is 2. The van der Waals surface area contributed by atoms with Crippen LogP contribution in [0.5, 0.6) is 0 Å². The Kier molecular flexibility index (Phi) is 7.40. The molecule has 5 rings (SSSR count). The summed E-state index contributed by atoms with van der Waals surface area (Å²) < 4.78 is 33.8. The summed E-state index contributed by atoms with van der Waals surface area (Å²) in [5.74, 6) is -2.79. The molecule has 0 spiro atoms. The van der Waals surface area contributed by atoms with Gasteiger partial charge < -0.3 is 14.5 Å². The van der Waals surface area contributed by atoms with Crippen molar-refractivity contribution in [3.63, 3.8) is 0 Å². The van der Waals surface area contributed by atoms with Crippen LogP contribution in [0.25, 0.3) is 16.9 Å². The van der Waals surface area contributed by atoms with Gasteiger partial charge in [0.15, 0.2) is 17.3 Å². The maximum absolute atomic E-state index is 13.6. The highest BCUT2D eigenvalue weighted by Gasteiger charge is 2.24. The summed E-state index contributed by atoms with van der Waals surface area (Å²) in [5, 5.41) is 4.56. The third kappa shape index (κ3) is 5.38. The van der Waals surface area contributed by atoms with Gasteiger partial charge in [0.05, 0.1) is 18.0 Å². The predicted octanol–water partition coefficient (Wildman–Crippen LogP) is 5.27. The molecule has 1 aromatic heterocycles. The Morgan fingerprint density at radius 1 is 0.897 bits per heavy atom. The van der Waals surface area contributed by atoms with Gasteiger partial charge in [-0.3, -0.25) is 4.79 Å². The summed E-state index contributed by atoms with van der Waals surface area (Å²) in [6.07, 6.45) is 0. The van der Waals surface area contributed by atoms with Gasteiger partial charge in [-0.05, 0) is 61.9 Å². The molecule has 4 aromatic rings. The minimum Gasteiger partial charge on any atom is -0.461 e. The molecule has 1 saturated heterocycles. The molecule has 0 N–H and O–H groups in total. The van der Waals surface area contributed by atoms with Crippen LogP contribution in [0.3, 0.4) is 0 Å². The van der Waals surface area contributed by atoms with Gasteiger partial charge in [-0.1, -0.05) is 30.3 Å². The van der Waals surface area contributed by atoms with Crippen molar-refractivity contribution in [2.24, 2.45) is 0 Å². The number of nitrogens with zero attached hydrogens (tertiary/aromatic N) is 4. The van der Waals surface area contributed by atoms with Gasteiger partial charge in [-0.15, -0.1) is 0 Å². The molecule has 0 atom stereocenters. The average molecular weight is 531 g/mol. The number of carbonyl (C=O) groups excluding carboxylic acids is 2. The summed E-state index contributed by atoms with van der Waals surface area (Å²) in [7, 11) is 0. The number of hydrogen-bond donors (Lipinski definition) is 0. The summed E-state index contributed by atoms with van der Waals surface area (Å²) in [5.41, 5.74) is 4.91. The molecule has 1 fully saturated rings. The molecule has 0 saturated carbocycles. The summed E-state index contributed by atoms with van der Waals surface area (Å²) in [6.45, 7) is 6.13. The second-order valence-electron chi connectivity index (χ2n) is 9.29. The van der Waals surface area contributed by atoms with Crippen LogP contribution >= 0.6 is 0 Å². The Morgan fingerprint density at radius 3 is 2.28 bits per heavy atom. The van der Waals surface area contributed by atoms with Crippen LogP contribution in [0, 0.1) is 18.6 Å². The standard InChI is InChI=1S/C30H28F2N4O3/c1-3-39-30(38)26-19-28(36(33-26)27-7-5-4-6-20(27)2)21-8-11-23(12-9-21)34-14-16-35(17-15-34)29(37)22-10-13-24(31)25(32)18-22/h4-13,18-19H,3,14-17H2,1-2H3.